The summed E-state index contributed by atoms with van der Waals surface area (Å²) in [6, 6.07) is 5.76. The van der Waals surface area contributed by atoms with Crippen molar-refractivity contribution in [2.24, 2.45) is 0 Å². The van der Waals surface area contributed by atoms with E-state index in [0.717, 1.165) is 23.2 Å². The molecular weight excluding hydrogens is 216 g/mol. The number of rotatable bonds is 5. The van der Waals surface area contributed by atoms with Crippen LogP contribution in [0.25, 0.3) is 0 Å². The van der Waals surface area contributed by atoms with Crippen LogP contribution in [0.5, 0.6) is 0 Å². The molecule has 94 valence electrons. The van der Waals surface area contributed by atoms with E-state index in [4.69, 9.17) is 10.8 Å². The van der Waals surface area contributed by atoms with Gasteiger partial charge in [-0.3, -0.25) is 0 Å². The Hall–Kier alpha value is -1.71. The molecule has 0 aromatic heterocycles. The van der Waals surface area contributed by atoms with Crippen molar-refractivity contribution in [2.45, 2.75) is 26.7 Å². The molecule has 0 saturated carbocycles. The maximum Gasteiger partial charge on any atom is 0.407 e. The number of nitrogens with zero attached hydrogens (tertiary/aromatic N) is 1. The summed E-state index contributed by atoms with van der Waals surface area (Å²) in [5.74, 6) is 0. The molecule has 4 nitrogen and oxygen atoms in total. The average Bonchev–Trinajstić information content (AvgIpc) is 2.29. The molecule has 0 saturated heterocycles. The van der Waals surface area contributed by atoms with Gasteiger partial charge in [0.05, 0.1) is 0 Å². The van der Waals surface area contributed by atoms with E-state index in [0.29, 0.717) is 19.5 Å². The second kappa shape index (κ2) is 6.13. The van der Waals surface area contributed by atoms with Crippen LogP contribution in [0.15, 0.2) is 18.2 Å². The fourth-order valence-electron chi connectivity index (χ4n) is 1.80. The topological polar surface area (TPSA) is 66.6 Å². The summed E-state index contributed by atoms with van der Waals surface area (Å²) >= 11 is 0. The molecule has 0 aliphatic carbocycles. The fraction of sp³-hybridized carbons (Fsp3) is 0.462. The van der Waals surface area contributed by atoms with Crippen molar-refractivity contribution >= 4 is 11.8 Å². The van der Waals surface area contributed by atoms with Crippen molar-refractivity contribution in [3.8, 4) is 0 Å². The van der Waals surface area contributed by atoms with Crippen LogP contribution in [0.2, 0.25) is 0 Å². The summed E-state index contributed by atoms with van der Waals surface area (Å²) in [5, 5.41) is 9.01. The number of benzene rings is 1. The molecular formula is C13H20N2O2. The summed E-state index contributed by atoms with van der Waals surface area (Å²) in [4.78, 5) is 12.4. The second-order valence-electron chi connectivity index (χ2n) is 4.15. The minimum Gasteiger partial charge on any atom is -0.465 e. The maximum atomic E-state index is 11.0. The molecule has 0 heterocycles. The molecule has 3 N–H and O–H groups in total. The smallest absolute Gasteiger partial charge is 0.407 e. The highest BCUT2D eigenvalue weighted by atomic mass is 16.4. The van der Waals surface area contributed by atoms with E-state index >= 15 is 0 Å². The van der Waals surface area contributed by atoms with E-state index < -0.39 is 6.09 Å². The highest BCUT2D eigenvalue weighted by molar-refractivity contribution is 5.65. The van der Waals surface area contributed by atoms with Crippen LogP contribution in [0, 0.1) is 6.92 Å². The van der Waals surface area contributed by atoms with Gasteiger partial charge in [0.1, 0.15) is 0 Å². The maximum absolute atomic E-state index is 11.0. The lowest BCUT2D eigenvalue weighted by atomic mass is 10.0. The largest absolute Gasteiger partial charge is 0.465 e. The van der Waals surface area contributed by atoms with Crippen LogP contribution < -0.4 is 5.73 Å². The normalized spacial score (nSPS) is 10.2. The van der Waals surface area contributed by atoms with Crippen molar-refractivity contribution in [3.63, 3.8) is 0 Å². The average molecular weight is 236 g/mol. The Labute approximate surface area is 102 Å². The summed E-state index contributed by atoms with van der Waals surface area (Å²) in [6.45, 7) is 5.04. The Morgan fingerprint density at radius 2 is 2.12 bits per heavy atom. The first-order chi connectivity index (χ1) is 8.06. The lowest BCUT2D eigenvalue weighted by molar-refractivity contribution is 0.145. The Morgan fingerprint density at radius 1 is 1.41 bits per heavy atom. The number of nitrogen functional groups attached to an aromatic ring is 1. The van der Waals surface area contributed by atoms with E-state index in [2.05, 4.69) is 0 Å². The molecule has 1 amide bonds. The van der Waals surface area contributed by atoms with E-state index in [1.54, 1.807) is 0 Å². The van der Waals surface area contributed by atoms with Crippen molar-refractivity contribution < 1.29 is 9.90 Å². The Kier molecular flexibility index (Phi) is 4.82. The number of carbonyl (C=O) groups is 1. The Morgan fingerprint density at radius 3 is 2.71 bits per heavy atom. The van der Waals surface area contributed by atoms with Crippen LogP contribution in [-0.4, -0.2) is 29.2 Å². The van der Waals surface area contributed by atoms with Crippen molar-refractivity contribution in [3.05, 3.63) is 29.3 Å². The number of hydrogen-bond acceptors (Lipinski definition) is 2. The van der Waals surface area contributed by atoms with Gasteiger partial charge in [-0.2, -0.15) is 0 Å². The van der Waals surface area contributed by atoms with E-state index in [9.17, 15) is 4.79 Å². The molecule has 4 heteroatoms. The van der Waals surface area contributed by atoms with Crippen LogP contribution in [0.1, 0.15) is 24.5 Å². The number of carboxylic acid groups (broad SMARTS) is 1. The number of hydrogen-bond donors (Lipinski definition) is 2. The molecule has 0 bridgehead atoms. The summed E-state index contributed by atoms with van der Waals surface area (Å²) in [6.07, 6.45) is 0.694. The van der Waals surface area contributed by atoms with E-state index in [-0.39, 0.29) is 0 Å². The monoisotopic (exact) mass is 236 g/mol. The Balaban J connectivity index is 2.65. The molecule has 0 aliphatic rings. The van der Waals surface area contributed by atoms with Gasteiger partial charge in [0.25, 0.3) is 0 Å². The molecule has 0 aliphatic heterocycles. The quantitative estimate of drug-likeness (QED) is 0.772. The van der Waals surface area contributed by atoms with Crippen LogP contribution in [-0.2, 0) is 6.42 Å². The van der Waals surface area contributed by atoms with Gasteiger partial charge >= 0.3 is 6.09 Å². The lowest BCUT2D eigenvalue weighted by Gasteiger charge is -2.19. The van der Waals surface area contributed by atoms with Gasteiger partial charge < -0.3 is 15.7 Å². The first-order valence-electron chi connectivity index (χ1n) is 5.88. The van der Waals surface area contributed by atoms with Gasteiger partial charge in [0.15, 0.2) is 0 Å². The van der Waals surface area contributed by atoms with E-state index in [1.807, 2.05) is 32.0 Å². The van der Waals surface area contributed by atoms with Crippen molar-refractivity contribution in [1.82, 2.24) is 4.90 Å². The van der Waals surface area contributed by atoms with Crippen LogP contribution >= 0.6 is 0 Å². The molecule has 0 radical (unpaired) electrons. The highest BCUT2D eigenvalue weighted by Crippen LogP contribution is 2.16. The number of nitrogens with two attached hydrogens (primary N) is 1. The molecule has 0 spiro atoms. The van der Waals surface area contributed by atoms with E-state index in [1.165, 1.54) is 4.90 Å². The third kappa shape index (κ3) is 3.66. The zero-order chi connectivity index (χ0) is 12.8. The molecule has 0 fully saturated rings. The minimum atomic E-state index is -0.853. The lowest BCUT2D eigenvalue weighted by Crippen LogP contribution is -2.32. The summed E-state index contributed by atoms with van der Waals surface area (Å²) in [5.41, 5.74) is 8.75. The molecule has 1 aromatic carbocycles. The zero-order valence-corrected chi connectivity index (χ0v) is 10.4. The molecule has 1 aromatic rings. The SMILES string of the molecule is CCCN(CCc1cccc(N)c1C)C(=O)O. The summed E-state index contributed by atoms with van der Waals surface area (Å²) < 4.78 is 0. The van der Waals surface area contributed by atoms with Crippen molar-refractivity contribution in [2.75, 3.05) is 18.8 Å². The standard InChI is InChI=1S/C13H20N2O2/c1-3-8-15(13(16)17)9-7-11-5-4-6-12(14)10(11)2/h4-6H,3,7-9,14H2,1-2H3,(H,16,17). The second-order valence-corrected chi connectivity index (χ2v) is 4.15. The first-order valence-corrected chi connectivity index (χ1v) is 5.88. The van der Waals surface area contributed by atoms with Crippen LogP contribution in [0.3, 0.4) is 0 Å². The third-order valence-corrected chi connectivity index (χ3v) is 2.90. The van der Waals surface area contributed by atoms with Crippen LogP contribution in [0.4, 0.5) is 10.5 Å². The molecule has 1 rings (SSSR count). The number of anilines is 1. The fourth-order valence-corrected chi connectivity index (χ4v) is 1.80. The third-order valence-electron chi connectivity index (χ3n) is 2.90. The molecule has 0 atom stereocenters. The van der Waals surface area contributed by atoms with Gasteiger partial charge in [-0.25, -0.2) is 4.79 Å². The van der Waals surface area contributed by atoms with Gasteiger partial charge in [-0.05, 0) is 37.0 Å². The number of amides is 1. The highest BCUT2D eigenvalue weighted by Gasteiger charge is 2.11. The first kappa shape index (κ1) is 13.4. The van der Waals surface area contributed by atoms with Gasteiger partial charge in [0.2, 0.25) is 0 Å². The predicted octanol–water partition coefficient (Wildman–Crippen LogP) is 2.51. The minimum absolute atomic E-state index is 0.521. The molecule has 0 unspecified atom stereocenters. The van der Waals surface area contributed by atoms with Gasteiger partial charge in [-0.15, -0.1) is 0 Å². The zero-order valence-electron chi connectivity index (χ0n) is 10.4. The van der Waals surface area contributed by atoms with Gasteiger partial charge in [-0.1, -0.05) is 19.1 Å². The predicted molar refractivity (Wildman–Crippen MR) is 69.2 cm³/mol. The molecule has 17 heavy (non-hydrogen) atoms. The van der Waals surface area contributed by atoms with Gasteiger partial charge in [0, 0.05) is 18.8 Å². The Bertz CT molecular complexity index is 391. The summed E-state index contributed by atoms with van der Waals surface area (Å²) in [7, 11) is 0. The van der Waals surface area contributed by atoms with Crippen molar-refractivity contribution in [1.29, 1.82) is 0 Å².